The van der Waals surface area contributed by atoms with E-state index in [-0.39, 0.29) is 6.29 Å². The van der Waals surface area contributed by atoms with Crippen molar-refractivity contribution in [2.75, 3.05) is 31.7 Å². The molecule has 1 aromatic rings. The maximum Gasteiger partial charge on any atom is 0.159 e. The molecular formula is C15H25NO2. The van der Waals surface area contributed by atoms with E-state index in [0.29, 0.717) is 13.2 Å². The lowest BCUT2D eigenvalue weighted by Gasteiger charge is -2.23. The van der Waals surface area contributed by atoms with Gasteiger partial charge < -0.3 is 14.4 Å². The van der Waals surface area contributed by atoms with Crippen molar-refractivity contribution in [2.45, 2.75) is 33.5 Å². The minimum absolute atomic E-state index is 0.0905. The molecule has 0 aliphatic carbocycles. The Hall–Kier alpha value is -1.06. The van der Waals surface area contributed by atoms with Gasteiger partial charge in [-0.15, -0.1) is 0 Å². The summed E-state index contributed by atoms with van der Waals surface area (Å²) in [5.41, 5.74) is 2.52. The molecule has 0 spiro atoms. The summed E-state index contributed by atoms with van der Waals surface area (Å²) in [6, 6.07) is 8.52. The lowest BCUT2D eigenvalue weighted by molar-refractivity contribution is -0.137. The van der Waals surface area contributed by atoms with Crippen molar-refractivity contribution in [3.05, 3.63) is 29.8 Å². The highest BCUT2D eigenvalue weighted by atomic mass is 16.7. The van der Waals surface area contributed by atoms with E-state index in [1.54, 1.807) is 0 Å². The minimum Gasteiger partial charge on any atom is -0.374 e. The lowest BCUT2D eigenvalue weighted by Crippen LogP contribution is -2.26. The highest BCUT2D eigenvalue weighted by Gasteiger charge is 2.09. The molecular weight excluding hydrogens is 226 g/mol. The SMILES string of the molecule is CCOC(CCN(C)c1cccc(C)c1)OCC. The van der Waals surface area contributed by atoms with Crippen molar-refractivity contribution in [3.63, 3.8) is 0 Å². The molecule has 1 rings (SSSR count). The summed E-state index contributed by atoms with van der Waals surface area (Å²) >= 11 is 0. The number of anilines is 1. The molecule has 0 aromatic heterocycles. The van der Waals surface area contributed by atoms with Gasteiger partial charge in [-0.1, -0.05) is 12.1 Å². The monoisotopic (exact) mass is 251 g/mol. The molecule has 0 N–H and O–H groups in total. The molecule has 0 bridgehead atoms. The highest BCUT2D eigenvalue weighted by Crippen LogP contribution is 2.15. The largest absolute Gasteiger partial charge is 0.374 e. The molecule has 0 radical (unpaired) electrons. The lowest BCUT2D eigenvalue weighted by atomic mass is 10.2. The summed E-state index contributed by atoms with van der Waals surface area (Å²) in [6.45, 7) is 8.42. The first kappa shape index (κ1) is 15.0. The number of benzene rings is 1. The van der Waals surface area contributed by atoms with Crippen LogP contribution in [0.4, 0.5) is 5.69 Å². The fraction of sp³-hybridized carbons (Fsp3) is 0.600. The third-order valence-corrected chi connectivity index (χ3v) is 2.85. The first-order valence-electron chi connectivity index (χ1n) is 6.68. The second-order valence-corrected chi connectivity index (χ2v) is 4.39. The van der Waals surface area contributed by atoms with Crippen LogP contribution in [-0.4, -0.2) is 33.1 Å². The fourth-order valence-corrected chi connectivity index (χ4v) is 1.88. The van der Waals surface area contributed by atoms with Gasteiger partial charge >= 0.3 is 0 Å². The first-order valence-corrected chi connectivity index (χ1v) is 6.68. The van der Waals surface area contributed by atoms with Gasteiger partial charge in [0.2, 0.25) is 0 Å². The van der Waals surface area contributed by atoms with Crippen LogP contribution in [-0.2, 0) is 9.47 Å². The van der Waals surface area contributed by atoms with Crippen molar-refractivity contribution in [1.29, 1.82) is 0 Å². The fourth-order valence-electron chi connectivity index (χ4n) is 1.88. The summed E-state index contributed by atoms with van der Waals surface area (Å²) in [7, 11) is 2.10. The molecule has 3 heteroatoms. The molecule has 0 aliphatic heterocycles. The van der Waals surface area contributed by atoms with Gasteiger partial charge in [-0.05, 0) is 38.5 Å². The normalized spacial score (nSPS) is 10.9. The van der Waals surface area contributed by atoms with Crippen LogP contribution in [0.2, 0.25) is 0 Å². The standard InChI is InChI=1S/C15H25NO2/c1-5-17-15(18-6-2)10-11-16(4)14-9-7-8-13(3)12-14/h7-9,12,15H,5-6,10-11H2,1-4H3. The molecule has 0 saturated carbocycles. The molecule has 0 saturated heterocycles. The van der Waals surface area contributed by atoms with Crippen LogP contribution in [0.3, 0.4) is 0 Å². The molecule has 0 amide bonds. The third-order valence-electron chi connectivity index (χ3n) is 2.85. The van der Waals surface area contributed by atoms with Gasteiger partial charge in [0.25, 0.3) is 0 Å². The van der Waals surface area contributed by atoms with Gasteiger partial charge in [-0.3, -0.25) is 0 Å². The number of ether oxygens (including phenoxy) is 2. The van der Waals surface area contributed by atoms with Crippen LogP contribution in [0.25, 0.3) is 0 Å². The first-order chi connectivity index (χ1) is 8.67. The van der Waals surface area contributed by atoms with E-state index in [9.17, 15) is 0 Å². The van der Waals surface area contributed by atoms with Crippen LogP contribution in [0, 0.1) is 6.92 Å². The van der Waals surface area contributed by atoms with Crippen LogP contribution in [0.5, 0.6) is 0 Å². The third kappa shape index (κ3) is 5.07. The van der Waals surface area contributed by atoms with E-state index in [1.807, 2.05) is 13.8 Å². The van der Waals surface area contributed by atoms with Crippen LogP contribution in [0.1, 0.15) is 25.8 Å². The number of nitrogens with zero attached hydrogens (tertiary/aromatic N) is 1. The van der Waals surface area contributed by atoms with Crippen molar-refractivity contribution < 1.29 is 9.47 Å². The van der Waals surface area contributed by atoms with E-state index in [4.69, 9.17) is 9.47 Å². The quantitative estimate of drug-likeness (QED) is 0.662. The topological polar surface area (TPSA) is 21.7 Å². The number of hydrogen-bond donors (Lipinski definition) is 0. The average molecular weight is 251 g/mol. The number of hydrogen-bond acceptors (Lipinski definition) is 3. The van der Waals surface area contributed by atoms with Gasteiger partial charge in [-0.2, -0.15) is 0 Å². The zero-order chi connectivity index (χ0) is 13.4. The van der Waals surface area contributed by atoms with Crippen LogP contribution < -0.4 is 4.90 Å². The predicted molar refractivity (Wildman–Crippen MR) is 76.1 cm³/mol. The van der Waals surface area contributed by atoms with Crippen molar-refractivity contribution in [2.24, 2.45) is 0 Å². The van der Waals surface area contributed by atoms with Crippen molar-refractivity contribution in [3.8, 4) is 0 Å². The summed E-state index contributed by atoms with van der Waals surface area (Å²) in [4.78, 5) is 2.23. The Morgan fingerprint density at radius 2 is 1.83 bits per heavy atom. The van der Waals surface area contributed by atoms with E-state index in [1.165, 1.54) is 11.3 Å². The summed E-state index contributed by atoms with van der Waals surface area (Å²) in [5, 5.41) is 0. The molecule has 0 atom stereocenters. The maximum absolute atomic E-state index is 5.54. The number of rotatable bonds is 8. The summed E-state index contributed by atoms with van der Waals surface area (Å²) < 4.78 is 11.1. The Kier molecular flexibility index (Phi) is 6.76. The molecule has 102 valence electrons. The highest BCUT2D eigenvalue weighted by molar-refractivity contribution is 5.47. The van der Waals surface area contributed by atoms with Crippen LogP contribution >= 0.6 is 0 Å². The van der Waals surface area contributed by atoms with Gasteiger partial charge in [0.1, 0.15) is 0 Å². The van der Waals surface area contributed by atoms with E-state index in [2.05, 4.69) is 43.1 Å². The average Bonchev–Trinajstić information content (AvgIpc) is 2.36. The molecule has 3 nitrogen and oxygen atoms in total. The second-order valence-electron chi connectivity index (χ2n) is 4.39. The summed E-state index contributed by atoms with van der Waals surface area (Å²) in [6.07, 6.45) is 0.791. The van der Waals surface area contributed by atoms with E-state index < -0.39 is 0 Å². The smallest absolute Gasteiger partial charge is 0.159 e. The second kappa shape index (κ2) is 8.11. The van der Waals surface area contributed by atoms with E-state index >= 15 is 0 Å². The maximum atomic E-state index is 5.54. The van der Waals surface area contributed by atoms with Gasteiger partial charge in [-0.25, -0.2) is 0 Å². The molecule has 0 heterocycles. The molecule has 0 fully saturated rings. The Morgan fingerprint density at radius 3 is 2.39 bits per heavy atom. The zero-order valence-electron chi connectivity index (χ0n) is 12.0. The minimum atomic E-state index is -0.0905. The molecule has 1 aromatic carbocycles. The van der Waals surface area contributed by atoms with Crippen LogP contribution in [0.15, 0.2) is 24.3 Å². The summed E-state index contributed by atoms with van der Waals surface area (Å²) in [5.74, 6) is 0. The Labute approximate surface area is 111 Å². The Morgan fingerprint density at radius 1 is 1.17 bits per heavy atom. The Bertz CT molecular complexity index is 335. The van der Waals surface area contributed by atoms with Gasteiger partial charge in [0.05, 0.1) is 0 Å². The predicted octanol–water partition coefficient (Wildman–Crippen LogP) is 3.22. The molecule has 0 aliphatic rings. The zero-order valence-corrected chi connectivity index (χ0v) is 12.0. The van der Waals surface area contributed by atoms with Gasteiger partial charge in [0, 0.05) is 38.9 Å². The van der Waals surface area contributed by atoms with Gasteiger partial charge in [0.15, 0.2) is 6.29 Å². The van der Waals surface area contributed by atoms with Crippen molar-refractivity contribution >= 4 is 5.69 Å². The molecule has 18 heavy (non-hydrogen) atoms. The molecule has 0 unspecified atom stereocenters. The van der Waals surface area contributed by atoms with E-state index in [0.717, 1.165) is 13.0 Å². The van der Waals surface area contributed by atoms with Crippen molar-refractivity contribution in [1.82, 2.24) is 0 Å². The number of aryl methyl sites for hydroxylation is 1. The Balaban J connectivity index is 2.46.